The summed E-state index contributed by atoms with van der Waals surface area (Å²) < 4.78 is 0.479. The second-order valence-corrected chi connectivity index (χ2v) is 9.62. The van der Waals surface area contributed by atoms with Gasteiger partial charge < -0.3 is 9.59 Å². The third kappa shape index (κ3) is 9.33. The van der Waals surface area contributed by atoms with E-state index in [1.807, 2.05) is 39.3 Å². The van der Waals surface area contributed by atoms with Crippen LogP contribution in [0.1, 0.15) is 96.0 Å². The van der Waals surface area contributed by atoms with Crippen LogP contribution in [0.3, 0.4) is 0 Å². The minimum absolute atomic E-state index is 0.479. The monoisotopic (exact) mass is 404 g/mol. The van der Waals surface area contributed by atoms with Gasteiger partial charge in [-0.2, -0.15) is 0 Å². The lowest BCUT2D eigenvalue weighted by Crippen LogP contribution is -2.62. The van der Waals surface area contributed by atoms with E-state index in [1.54, 1.807) is 0 Å². The molecule has 1 rings (SSSR count). The SMILES string of the molecule is CCCCCCCCCCCCCC(CCc1ccccc1)(C(=O)O)[N+](C)(C)C. The zero-order valence-electron chi connectivity index (χ0n) is 19.6. The fraction of sp³-hybridized carbons (Fsp3) is 0.731. The number of likely N-dealkylation sites (N-methyl/N-ethyl adjacent to an activating group) is 1. The molecular weight excluding hydrogens is 358 g/mol. The molecule has 0 bridgehead atoms. The predicted molar refractivity (Wildman–Crippen MR) is 124 cm³/mol. The first kappa shape index (κ1) is 25.7. The van der Waals surface area contributed by atoms with E-state index in [0.29, 0.717) is 10.9 Å². The summed E-state index contributed by atoms with van der Waals surface area (Å²) in [5.41, 5.74) is 0.514. The molecule has 0 amide bonds. The molecule has 1 unspecified atom stereocenters. The Morgan fingerprint density at radius 2 is 1.28 bits per heavy atom. The van der Waals surface area contributed by atoms with Crippen molar-refractivity contribution >= 4 is 5.97 Å². The summed E-state index contributed by atoms with van der Waals surface area (Å²) in [6.07, 6.45) is 16.5. The Balaban J connectivity index is 2.41. The van der Waals surface area contributed by atoms with Crippen molar-refractivity contribution < 1.29 is 14.4 Å². The molecule has 0 aliphatic rings. The van der Waals surface area contributed by atoms with Crippen LogP contribution < -0.4 is 0 Å². The van der Waals surface area contributed by atoms with Gasteiger partial charge >= 0.3 is 5.97 Å². The Kier molecular flexibility index (Phi) is 12.2. The topological polar surface area (TPSA) is 37.3 Å². The quantitative estimate of drug-likeness (QED) is 0.228. The molecule has 1 aromatic rings. The normalized spacial score (nSPS) is 13.9. The molecule has 0 aliphatic heterocycles. The van der Waals surface area contributed by atoms with Gasteiger partial charge in [-0.3, -0.25) is 0 Å². The number of unbranched alkanes of at least 4 members (excludes halogenated alkanes) is 10. The first-order valence-electron chi connectivity index (χ1n) is 11.9. The molecule has 0 spiro atoms. The van der Waals surface area contributed by atoms with Crippen molar-refractivity contribution in [2.75, 3.05) is 21.1 Å². The van der Waals surface area contributed by atoms with Crippen molar-refractivity contribution in [1.82, 2.24) is 0 Å². The van der Waals surface area contributed by atoms with Gasteiger partial charge in [-0.1, -0.05) is 101 Å². The third-order valence-electron chi connectivity index (χ3n) is 6.55. The van der Waals surface area contributed by atoms with E-state index in [9.17, 15) is 9.90 Å². The molecule has 0 saturated heterocycles. The Morgan fingerprint density at radius 1 is 0.793 bits per heavy atom. The van der Waals surface area contributed by atoms with Crippen LogP contribution >= 0.6 is 0 Å². The maximum atomic E-state index is 12.4. The fourth-order valence-electron chi connectivity index (χ4n) is 4.37. The van der Waals surface area contributed by atoms with Crippen molar-refractivity contribution in [3.05, 3.63) is 35.9 Å². The van der Waals surface area contributed by atoms with Crippen LogP contribution in [0.2, 0.25) is 0 Å². The Morgan fingerprint density at radius 3 is 1.72 bits per heavy atom. The van der Waals surface area contributed by atoms with Crippen molar-refractivity contribution in [2.45, 2.75) is 102 Å². The fourth-order valence-corrected chi connectivity index (χ4v) is 4.37. The van der Waals surface area contributed by atoms with Gasteiger partial charge in [0.15, 0.2) is 5.54 Å². The molecule has 0 fully saturated rings. The highest BCUT2D eigenvalue weighted by Gasteiger charge is 2.49. The molecule has 166 valence electrons. The summed E-state index contributed by atoms with van der Waals surface area (Å²) in [5.74, 6) is -0.645. The van der Waals surface area contributed by atoms with Gasteiger partial charge in [0.2, 0.25) is 0 Å². The van der Waals surface area contributed by atoms with E-state index in [1.165, 1.54) is 63.4 Å². The maximum absolute atomic E-state index is 12.4. The van der Waals surface area contributed by atoms with Crippen molar-refractivity contribution in [1.29, 1.82) is 0 Å². The number of carboxylic acids is 1. The average Bonchev–Trinajstić information content (AvgIpc) is 2.68. The first-order valence-corrected chi connectivity index (χ1v) is 11.9. The van der Waals surface area contributed by atoms with E-state index in [2.05, 4.69) is 19.1 Å². The summed E-state index contributed by atoms with van der Waals surface area (Å²) in [6, 6.07) is 10.3. The molecule has 1 atom stereocenters. The summed E-state index contributed by atoms with van der Waals surface area (Å²) >= 11 is 0. The van der Waals surface area contributed by atoms with Gasteiger partial charge in [0.25, 0.3) is 0 Å². The van der Waals surface area contributed by atoms with Crippen LogP contribution in [0.5, 0.6) is 0 Å². The molecular formula is C26H46NO2+. The highest BCUT2D eigenvalue weighted by molar-refractivity contribution is 5.77. The molecule has 0 radical (unpaired) electrons. The van der Waals surface area contributed by atoms with Gasteiger partial charge in [-0.15, -0.1) is 0 Å². The maximum Gasteiger partial charge on any atom is 0.365 e. The molecule has 0 saturated carbocycles. The predicted octanol–water partition coefficient (Wildman–Crippen LogP) is 6.85. The number of quaternary nitrogens is 1. The Bertz CT molecular complexity index is 550. The highest BCUT2D eigenvalue weighted by atomic mass is 16.4. The molecule has 0 aromatic heterocycles. The smallest absolute Gasteiger partial charge is 0.365 e. The number of carbonyl (C=O) groups is 1. The lowest BCUT2D eigenvalue weighted by Gasteiger charge is -2.43. The summed E-state index contributed by atoms with van der Waals surface area (Å²) in [5, 5.41) is 10.2. The number of hydrogen-bond donors (Lipinski definition) is 1. The average molecular weight is 405 g/mol. The molecule has 1 N–H and O–H groups in total. The lowest BCUT2D eigenvalue weighted by molar-refractivity contribution is -0.915. The van der Waals surface area contributed by atoms with Crippen LogP contribution in [-0.2, 0) is 11.2 Å². The van der Waals surface area contributed by atoms with E-state index < -0.39 is 11.5 Å². The number of hydrogen-bond acceptors (Lipinski definition) is 1. The summed E-state index contributed by atoms with van der Waals surface area (Å²) in [6.45, 7) is 2.26. The van der Waals surface area contributed by atoms with Crippen LogP contribution in [-0.4, -0.2) is 42.2 Å². The molecule has 0 heterocycles. The van der Waals surface area contributed by atoms with Crippen LogP contribution in [0, 0.1) is 0 Å². The lowest BCUT2D eigenvalue weighted by atomic mass is 9.83. The highest BCUT2D eigenvalue weighted by Crippen LogP contribution is 2.32. The number of rotatable bonds is 17. The second-order valence-electron chi connectivity index (χ2n) is 9.62. The minimum Gasteiger partial charge on any atom is -0.477 e. The van der Waals surface area contributed by atoms with Crippen molar-refractivity contribution in [3.63, 3.8) is 0 Å². The van der Waals surface area contributed by atoms with E-state index in [0.717, 1.165) is 25.7 Å². The zero-order valence-corrected chi connectivity index (χ0v) is 19.6. The zero-order chi connectivity index (χ0) is 21.6. The molecule has 0 aliphatic carbocycles. The summed E-state index contributed by atoms with van der Waals surface area (Å²) in [7, 11) is 6.12. The standard InChI is InChI=1S/C26H45NO2/c1-5-6-7-8-9-10-11-12-13-14-18-22-26(25(28)29,27(2,3)4)23-21-24-19-16-15-17-20-24/h15-17,19-20H,5-14,18,21-23H2,1-4H3/p+1. The number of nitrogens with zero attached hydrogens (tertiary/aromatic N) is 1. The van der Waals surface area contributed by atoms with Gasteiger partial charge in [0.1, 0.15) is 0 Å². The van der Waals surface area contributed by atoms with Crippen LogP contribution in [0.4, 0.5) is 0 Å². The molecule has 3 nitrogen and oxygen atoms in total. The number of aryl methyl sites for hydroxylation is 1. The Labute approximate surface area is 180 Å². The molecule has 1 aromatic carbocycles. The van der Waals surface area contributed by atoms with Gasteiger partial charge in [-0.05, 0) is 18.4 Å². The number of benzene rings is 1. The van der Waals surface area contributed by atoms with Gasteiger partial charge in [-0.25, -0.2) is 4.79 Å². The van der Waals surface area contributed by atoms with E-state index >= 15 is 0 Å². The molecule has 29 heavy (non-hydrogen) atoms. The van der Waals surface area contributed by atoms with Crippen molar-refractivity contribution in [2.24, 2.45) is 0 Å². The Hall–Kier alpha value is -1.35. The number of carboxylic acid groups (broad SMARTS) is 1. The second kappa shape index (κ2) is 13.8. The first-order chi connectivity index (χ1) is 13.8. The van der Waals surface area contributed by atoms with Crippen LogP contribution in [0.25, 0.3) is 0 Å². The third-order valence-corrected chi connectivity index (χ3v) is 6.55. The summed E-state index contributed by atoms with van der Waals surface area (Å²) in [4.78, 5) is 12.4. The van der Waals surface area contributed by atoms with E-state index in [4.69, 9.17) is 0 Å². The minimum atomic E-state index is -0.713. The number of aliphatic carboxylic acids is 1. The largest absolute Gasteiger partial charge is 0.477 e. The van der Waals surface area contributed by atoms with Crippen molar-refractivity contribution in [3.8, 4) is 0 Å². The van der Waals surface area contributed by atoms with E-state index in [-0.39, 0.29) is 0 Å². The van der Waals surface area contributed by atoms with Gasteiger partial charge in [0.05, 0.1) is 21.1 Å². The van der Waals surface area contributed by atoms with Gasteiger partial charge in [0, 0.05) is 12.8 Å². The molecule has 3 heteroatoms. The van der Waals surface area contributed by atoms with Crippen LogP contribution in [0.15, 0.2) is 30.3 Å².